The molecule has 1 atom stereocenters. The van der Waals surface area contributed by atoms with E-state index in [0.29, 0.717) is 24.9 Å². The van der Waals surface area contributed by atoms with Crippen LogP contribution in [0.15, 0.2) is 0 Å². The molecule has 7 heteroatoms. The summed E-state index contributed by atoms with van der Waals surface area (Å²) in [5.41, 5.74) is 0. The lowest BCUT2D eigenvalue weighted by Crippen LogP contribution is -2.50. The van der Waals surface area contributed by atoms with Gasteiger partial charge in [0.2, 0.25) is 0 Å². The van der Waals surface area contributed by atoms with Crippen LogP contribution in [-0.2, 0) is 9.59 Å². The van der Waals surface area contributed by atoms with E-state index < -0.39 is 24.0 Å². The lowest BCUT2D eigenvalue weighted by atomic mass is 9.87. The molecule has 120 valence electrons. The highest BCUT2D eigenvalue weighted by molar-refractivity contribution is 5.83. The van der Waals surface area contributed by atoms with E-state index in [4.69, 9.17) is 10.2 Å². The Morgan fingerprint density at radius 2 is 1.76 bits per heavy atom. The van der Waals surface area contributed by atoms with E-state index in [0.717, 1.165) is 12.8 Å². The first kappa shape index (κ1) is 17.3. The second-order valence-electron chi connectivity index (χ2n) is 5.84. The van der Waals surface area contributed by atoms with Gasteiger partial charge in [0, 0.05) is 19.5 Å². The smallest absolute Gasteiger partial charge is 0.326 e. The van der Waals surface area contributed by atoms with Gasteiger partial charge in [-0.25, -0.2) is 9.59 Å². The summed E-state index contributed by atoms with van der Waals surface area (Å²) >= 11 is 0. The minimum Gasteiger partial charge on any atom is -0.481 e. The molecule has 21 heavy (non-hydrogen) atoms. The molecule has 1 fully saturated rings. The van der Waals surface area contributed by atoms with E-state index >= 15 is 0 Å². The fraction of sp³-hybridized carbons (Fsp3) is 0.786. The fourth-order valence-corrected chi connectivity index (χ4v) is 2.53. The number of carboxylic acid groups (broad SMARTS) is 2. The standard InChI is InChI=1S/C14H24N2O5/c1-9(2)10-5-7-16(8-6-10)14(21)15-11(13(19)20)3-4-12(17)18/h9-11H,3-8H2,1-2H3,(H,15,21)(H,17,18)(H,19,20). The van der Waals surface area contributed by atoms with Crippen molar-refractivity contribution in [3.8, 4) is 0 Å². The van der Waals surface area contributed by atoms with Crippen molar-refractivity contribution in [2.45, 2.75) is 45.6 Å². The van der Waals surface area contributed by atoms with Gasteiger partial charge in [-0.2, -0.15) is 0 Å². The SMILES string of the molecule is CC(C)C1CCN(C(=O)NC(CCC(=O)O)C(=O)O)CC1. The molecule has 1 unspecified atom stereocenters. The number of hydrogen-bond donors (Lipinski definition) is 3. The van der Waals surface area contributed by atoms with Crippen molar-refractivity contribution < 1.29 is 24.6 Å². The van der Waals surface area contributed by atoms with Gasteiger partial charge < -0.3 is 20.4 Å². The van der Waals surface area contributed by atoms with Gasteiger partial charge in [-0.3, -0.25) is 4.79 Å². The van der Waals surface area contributed by atoms with Gasteiger partial charge in [0.05, 0.1) is 0 Å². The van der Waals surface area contributed by atoms with Crippen LogP contribution >= 0.6 is 0 Å². The zero-order valence-corrected chi connectivity index (χ0v) is 12.5. The molecule has 0 spiro atoms. The maximum absolute atomic E-state index is 12.0. The minimum absolute atomic E-state index is 0.112. The van der Waals surface area contributed by atoms with E-state index in [1.807, 2.05) is 0 Å². The van der Waals surface area contributed by atoms with Gasteiger partial charge in [0.25, 0.3) is 0 Å². The summed E-state index contributed by atoms with van der Waals surface area (Å²) in [7, 11) is 0. The molecular weight excluding hydrogens is 276 g/mol. The van der Waals surface area contributed by atoms with Crippen molar-refractivity contribution in [1.82, 2.24) is 10.2 Å². The van der Waals surface area contributed by atoms with Crippen molar-refractivity contribution in [2.75, 3.05) is 13.1 Å². The number of nitrogens with zero attached hydrogens (tertiary/aromatic N) is 1. The molecule has 0 aliphatic carbocycles. The van der Waals surface area contributed by atoms with Gasteiger partial charge in [-0.15, -0.1) is 0 Å². The first-order chi connectivity index (χ1) is 9.81. The van der Waals surface area contributed by atoms with Gasteiger partial charge in [-0.05, 0) is 31.1 Å². The zero-order chi connectivity index (χ0) is 16.0. The van der Waals surface area contributed by atoms with Crippen molar-refractivity contribution >= 4 is 18.0 Å². The molecule has 0 aromatic rings. The molecule has 1 aliphatic heterocycles. The van der Waals surface area contributed by atoms with Crippen LogP contribution in [0.2, 0.25) is 0 Å². The fourth-order valence-electron chi connectivity index (χ4n) is 2.53. The van der Waals surface area contributed by atoms with Crippen molar-refractivity contribution in [3.05, 3.63) is 0 Å². The molecule has 0 aromatic carbocycles. The highest BCUT2D eigenvalue weighted by Crippen LogP contribution is 2.24. The monoisotopic (exact) mass is 300 g/mol. The minimum atomic E-state index is -1.21. The Kier molecular flexibility index (Phi) is 6.45. The number of hydrogen-bond acceptors (Lipinski definition) is 3. The van der Waals surface area contributed by atoms with Gasteiger partial charge in [0.15, 0.2) is 0 Å². The second-order valence-corrected chi connectivity index (χ2v) is 5.84. The number of carboxylic acids is 2. The van der Waals surface area contributed by atoms with Crippen molar-refractivity contribution in [2.24, 2.45) is 11.8 Å². The summed E-state index contributed by atoms with van der Waals surface area (Å²) in [5.74, 6) is -1.11. The Morgan fingerprint density at radius 3 is 2.19 bits per heavy atom. The first-order valence-corrected chi connectivity index (χ1v) is 7.31. The van der Waals surface area contributed by atoms with Gasteiger partial charge in [-0.1, -0.05) is 13.8 Å². The third kappa shape index (κ3) is 5.61. The molecule has 0 aromatic heterocycles. The Hall–Kier alpha value is -1.79. The summed E-state index contributed by atoms with van der Waals surface area (Å²) in [6, 6.07) is -1.58. The highest BCUT2D eigenvalue weighted by atomic mass is 16.4. The quantitative estimate of drug-likeness (QED) is 0.687. The Labute approximate surface area is 124 Å². The van der Waals surface area contributed by atoms with Gasteiger partial charge >= 0.3 is 18.0 Å². The third-order valence-corrected chi connectivity index (χ3v) is 4.01. The number of carbonyl (C=O) groups is 3. The molecule has 1 saturated heterocycles. The normalized spacial score (nSPS) is 17.6. The topological polar surface area (TPSA) is 107 Å². The third-order valence-electron chi connectivity index (χ3n) is 4.01. The molecule has 7 nitrogen and oxygen atoms in total. The van der Waals surface area contributed by atoms with E-state index in [9.17, 15) is 14.4 Å². The molecule has 3 N–H and O–H groups in total. The number of piperidine rings is 1. The number of aliphatic carboxylic acids is 2. The van der Waals surface area contributed by atoms with Crippen LogP contribution < -0.4 is 5.32 Å². The maximum Gasteiger partial charge on any atom is 0.326 e. The summed E-state index contributed by atoms with van der Waals surface area (Å²) in [6.07, 6.45) is 1.43. The van der Waals surface area contributed by atoms with E-state index in [-0.39, 0.29) is 12.8 Å². The number of rotatable bonds is 6. The molecule has 1 rings (SSSR count). The number of amides is 2. The van der Waals surface area contributed by atoms with Crippen molar-refractivity contribution in [3.63, 3.8) is 0 Å². The van der Waals surface area contributed by atoms with Crippen LogP contribution in [0, 0.1) is 11.8 Å². The average molecular weight is 300 g/mol. The van der Waals surface area contributed by atoms with Crippen LogP contribution in [0.25, 0.3) is 0 Å². The number of urea groups is 1. The number of nitrogens with one attached hydrogen (secondary N) is 1. The molecule has 0 bridgehead atoms. The number of carbonyl (C=O) groups excluding carboxylic acids is 1. The summed E-state index contributed by atoms with van der Waals surface area (Å²) in [4.78, 5) is 35.2. The van der Waals surface area contributed by atoms with Crippen molar-refractivity contribution in [1.29, 1.82) is 0 Å². The van der Waals surface area contributed by atoms with Crippen LogP contribution in [0.1, 0.15) is 39.5 Å². The lowest BCUT2D eigenvalue weighted by Gasteiger charge is -2.34. The van der Waals surface area contributed by atoms with Crippen LogP contribution in [0.3, 0.4) is 0 Å². The summed E-state index contributed by atoms with van der Waals surface area (Å²) in [5, 5.41) is 20.0. The largest absolute Gasteiger partial charge is 0.481 e. The second kappa shape index (κ2) is 7.85. The number of likely N-dealkylation sites (tertiary alicyclic amines) is 1. The Balaban J connectivity index is 2.47. The zero-order valence-electron chi connectivity index (χ0n) is 12.5. The molecule has 0 radical (unpaired) electrons. The molecular formula is C14H24N2O5. The highest BCUT2D eigenvalue weighted by Gasteiger charge is 2.27. The summed E-state index contributed by atoms with van der Waals surface area (Å²) in [6.45, 7) is 5.54. The van der Waals surface area contributed by atoms with E-state index in [1.54, 1.807) is 4.90 Å². The molecule has 0 saturated carbocycles. The molecule has 2 amide bonds. The predicted octanol–water partition coefficient (Wildman–Crippen LogP) is 1.38. The molecule has 1 heterocycles. The lowest BCUT2D eigenvalue weighted by molar-refractivity contribution is -0.140. The Bertz CT molecular complexity index is 389. The van der Waals surface area contributed by atoms with Crippen LogP contribution in [-0.4, -0.2) is 52.2 Å². The van der Waals surface area contributed by atoms with E-state index in [1.165, 1.54) is 0 Å². The first-order valence-electron chi connectivity index (χ1n) is 7.31. The van der Waals surface area contributed by atoms with Crippen LogP contribution in [0.5, 0.6) is 0 Å². The van der Waals surface area contributed by atoms with Gasteiger partial charge in [0.1, 0.15) is 6.04 Å². The average Bonchev–Trinajstić information content (AvgIpc) is 2.42. The summed E-state index contributed by atoms with van der Waals surface area (Å²) < 4.78 is 0. The molecule has 1 aliphatic rings. The van der Waals surface area contributed by atoms with E-state index in [2.05, 4.69) is 19.2 Å². The Morgan fingerprint density at radius 1 is 1.19 bits per heavy atom. The predicted molar refractivity (Wildman–Crippen MR) is 76.0 cm³/mol. The maximum atomic E-state index is 12.0. The van der Waals surface area contributed by atoms with Crippen LogP contribution in [0.4, 0.5) is 4.79 Å².